The minimum absolute atomic E-state index is 0.384. The summed E-state index contributed by atoms with van der Waals surface area (Å²) in [5.74, 6) is 0. The molecule has 3 aromatic rings. The lowest BCUT2D eigenvalue weighted by atomic mass is 10.1. The van der Waals surface area contributed by atoms with Gasteiger partial charge in [-0.1, -0.05) is 18.2 Å². The van der Waals surface area contributed by atoms with E-state index < -0.39 is 5.60 Å². The normalized spacial score (nSPS) is 12.8. The number of hydrogen-bond donors (Lipinski definition) is 1. The van der Waals surface area contributed by atoms with Crippen LogP contribution in [0.3, 0.4) is 0 Å². The fourth-order valence-corrected chi connectivity index (χ4v) is 2.29. The van der Waals surface area contributed by atoms with E-state index in [9.17, 15) is 5.11 Å². The minimum atomic E-state index is -0.878. The molecule has 0 aliphatic heterocycles. The Kier molecular flexibility index (Phi) is 3.73. The van der Waals surface area contributed by atoms with E-state index in [1.807, 2.05) is 47.0 Å². The monoisotopic (exact) mass is 294 g/mol. The number of hydrogen-bond acceptors (Lipinski definition) is 4. The molecule has 0 amide bonds. The van der Waals surface area contributed by atoms with Gasteiger partial charge in [-0.05, 0) is 38.1 Å². The molecule has 1 N–H and O–H groups in total. The Morgan fingerprint density at radius 2 is 1.77 bits per heavy atom. The van der Waals surface area contributed by atoms with Crippen molar-refractivity contribution in [2.75, 3.05) is 0 Å². The molecule has 0 aliphatic rings. The summed E-state index contributed by atoms with van der Waals surface area (Å²) in [7, 11) is 0. The molecule has 0 saturated heterocycles. The molecule has 3 rings (SSSR count). The molecule has 22 heavy (non-hydrogen) atoms. The number of aromatic nitrogens is 3. The fourth-order valence-electron chi connectivity index (χ4n) is 2.29. The summed E-state index contributed by atoms with van der Waals surface area (Å²) in [6.07, 6.45) is 3.31. The molecule has 0 saturated carbocycles. The van der Waals surface area contributed by atoms with Gasteiger partial charge in [0.25, 0.3) is 0 Å². The van der Waals surface area contributed by atoms with Crippen LogP contribution < -0.4 is 5.49 Å². The second-order valence-electron chi connectivity index (χ2n) is 5.80. The molecule has 0 radical (unpaired) electrons. The van der Waals surface area contributed by atoms with Gasteiger partial charge in [-0.25, -0.2) is 9.98 Å². The van der Waals surface area contributed by atoms with Crippen molar-refractivity contribution in [3.05, 3.63) is 60.3 Å². The molecule has 1 aromatic carbocycles. The lowest BCUT2D eigenvalue weighted by Crippen LogP contribution is -2.33. The highest BCUT2D eigenvalue weighted by molar-refractivity contribution is 5.69. The van der Waals surface area contributed by atoms with E-state index in [4.69, 9.17) is 0 Å². The summed E-state index contributed by atoms with van der Waals surface area (Å²) in [4.78, 5) is 13.4. The zero-order chi connectivity index (χ0) is 15.6. The second kappa shape index (κ2) is 5.69. The van der Waals surface area contributed by atoms with Crippen LogP contribution in [0, 0.1) is 0 Å². The summed E-state index contributed by atoms with van der Waals surface area (Å²) < 4.78 is 1.90. The molecule has 0 spiro atoms. The maximum atomic E-state index is 10.2. The molecule has 112 valence electrons. The lowest BCUT2D eigenvalue weighted by molar-refractivity contribution is 0.0614. The molecule has 0 bridgehead atoms. The van der Waals surface area contributed by atoms with Gasteiger partial charge < -0.3 is 9.67 Å². The van der Waals surface area contributed by atoms with Gasteiger partial charge in [0.2, 0.25) is 0 Å². The molecule has 0 unspecified atom stereocenters. The number of para-hydroxylation sites is 1. The molecule has 2 aromatic heterocycles. The highest BCUT2D eigenvalue weighted by Gasteiger charge is 2.16. The smallest absolute Gasteiger partial charge is 0.160 e. The second-order valence-corrected chi connectivity index (χ2v) is 5.80. The number of pyridine rings is 1. The zero-order valence-corrected chi connectivity index (χ0v) is 12.6. The van der Waals surface area contributed by atoms with Crippen molar-refractivity contribution in [2.45, 2.75) is 26.0 Å². The van der Waals surface area contributed by atoms with Crippen LogP contribution in [0.5, 0.6) is 0 Å². The number of aliphatic hydroxyl groups is 1. The largest absolute Gasteiger partial charge is 0.389 e. The van der Waals surface area contributed by atoms with Gasteiger partial charge in [0, 0.05) is 12.4 Å². The Hall–Kier alpha value is -2.53. The fraction of sp³-hybridized carbons (Fsp3) is 0.235. The Morgan fingerprint density at radius 1 is 1.05 bits per heavy atom. The van der Waals surface area contributed by atoms with Gasteiger partial charge in [-0.3, -0.25) is 4.98 Å². The SMILES string of the molecule is CC(C)(O)Cn1/c(=N/c2ccccc2)ccc2nccnc21. The zero-order valence-electron chi connectivity index (χ0n) is 12.6. The van der Waals surface area contributed by atoms with Gasteiger partial charge >= 0.3 is 0 Å². The molecule has 5 heteroatoms. The molecule has 2 heterocycles. The van der Waals surface area contributed by atoms with Gasteiger partial charge in [0.15, 0.2) is 5.65 Å². The van der Waals surface area contributed by atoms with Gasteiger partial charge in [0.1, 0.15) is 11.0 Å². The molecule has 0 fully saturated rings. The van der Waals surface area contributed by atoms with Crippen LogP contribution in [0.25, 0.3) is 11.2 Å². The van der Waals surface area contributed by atoms with Crippen molar-refractivity contribution in [1.29, 1.82) is 0 Å². The van der Waals surface area contributed by atoms with E-state index >= 15 is 0 Å². The Labute approximate surface area is 128 Å². The first kappa shape index (κ1) is 14.4. The number of rotatable bonds is 3. The third-order valence-electron chi connectivity index (χ3n) is 3.17. The predicted molar refractivity (Wildman–Crippen MR) is 85.5 cm³/mol. The van der Waals surface area contributed by atoms with Crippen LogP contribution in [0.4, 0.5) is 5.69 Å². The standard InChI is InChI=1S/C17H18N4O/c1-17(2,22)12-21-15(20-13-6-4-3-5-7-13)9-8-14-16(21)19-11-10-18-14/h3-11,22H,12H2,1-2H3/b20-15+. The van der Waals surface area contributed by atoms with E-state index in [2.05, 4.69) is 15.0 Å². The average molecular weight is 294 g/mol. The first-order chi connectivity index (χ1) is 10.5. The average Bonchev–Trinajstić information content (AvgIpc) is 2.49. The number of nitrogens with zero attached hydrogens (tertiary/aromatic N) is 4. The Morgan fingerprint density at radius 3 is 2.50 bits per heavy atom. The van der Waals surface area contributed by atoms with Crippen molar-refractivity contribution in [2.24, 2.45) is 4.99 Å². The number of benzene rings is 1. The summed E-state index contributed by atoms with van der Waals surface area (Å²) in [6, 6.07) is 13.5. The Bertz CT molecular complexity index is 848. The molecule has 0 aliphatic carbocycles. The predicted octanol–water partition coefficient (Wildman–Crippen LogP) is 2.43. The van der Waals surface area contributed by atoms with Crippen LogP contribution in [-0.2, 0) is 6.54 Å². The van der Waals surface area contributed by atoms with Crippen LogP contribution in [-0.4, -0.2) is 25.2 Å². The topological polar surface area (TPSA) is 63.3 Å². The van der Waals surface area contributed by atoms with Crippen molar-refractivity contribution in [3.63, 3.8) is 0 Å². The first-order valence-electron chi connectivity index (χ1n) is 7.16. The van der Waals surface area contributed by atoms with E-state index in [0.717, 1.165) is 16.7 Å². The summed E-state index contributed by atoms with van der Waals surface area (Å²) in [5.41, 5.74) is 2.20. The number of fused-ring (bicyclic) bond motifs is 1. The molecule has 0 atom stereocenters. The minimum Gasteiger partial charge on any atom is -0.389 e. The van der Waals surface area contributed by atoms with E-state index in [1.54, 1.807) is 26.2 Å². The third-order valence-corrected chi connectivity index (χ3v) is 3.17. The maximum Gasteiger partial charge on any atom is 0.160 e. The molecular formula is C17H18N4O. The van der Waals surface area contributed by atoms with Crippen molar-refractivity contribution < 1.29 is 5.11 Å². The van der Waals surface area contributed by atoms with Crippen LogP contribution in [0.1, 0.15) is 13.8 Å². The van der Waals surface area contributed by atoms with Crippen LogP contribution in [0.15, 0.2) is 59.9 Å². The van der Waals surface area contributed by atoms with Gasteiger partial charge in [-0.15, -0.1) is 0 Å². The quantitative estimate of drug-likeness (QED) is 0.807. The summed E-state index contributed by atoms with van der Waals surface area (Å²) in [6.45, 7) is 3.91. The van der Waals surface area contributed by atoms with E-state index in [-0.39, 0.29) is 0 Å². The van der Waals surface area contributed by atoms with Crippen molar-refractivity contribution >= 4 is 16.9 Å². The van der Waals surface area contributed by atoms with E-state index in [1.165, 1.54) is 0 Å². The highest BCUT2D eigenvalue weighted by atomic mass is 16.3. The van der Waals surface area contributed by atoms with Crippen molar-refractivity contribution in [1.82, 2.24) is 14.5 Å². The van der Waals surface area contributed by atoms with Crippen LogP contribution in [0.2, 0.25) is 0 Å². The lowest BCUT2D eigenvalue weighted by Gasteiger charge is -2.20. The first-order valence-corrected chi connectivity index (χ1v) is 7.16. The summed E-state index contributed by atoms with van der Waals surface area (Å²) in [5, 5.41) is 10.2. The Balaban J connectivity index is 2.25. The van der Waals surface area contributed by atoms with E-state index in [0.29, 0.717) is 12.2 Å². The molecule has 5 nitrogen and oxygen atoms in total. The maximum absolute atomic E-state index is 10.2. The third kappa shape index (κ3) is 3.20. The van der Waals surface area contributed by atoms with Crippen LogP contribution >= 0.6 is 0 Å². The van der Waals surface area contributed by atoms with Gasteiger partial charge in [0.05, 0.1) is 17.8 Å². The summed E-state index contributed by atoms with van der Waals surface area (Å²) >= 11 is 0. The highest BCUT2D eigenvalue weighted by Crippen LogP contribution is 2.12. The van der Waals surface area contributed by atoms with Crippen molar-refractivity contribution in [3.8, 4) is 0 Å². The van der Waals surface area contributed by atoms with Gasteiger partial charge in [-0.2, -0.15) is 0 Å². The molecular weight excluding hydrogens is 276 g/mol.